The zero-order chi connectivity index (χ0) is 19.5. The number of hydrogen-bond acceptors (Lipinski definition) is 5. The lowest BCUT2D eigenvalue weighted by Crippen LogP contribution is -2.37. The van der Waals surface area contributed by atoms with Gasteiger partial charge in [0.1, 0.15) is 0 Å². The van der Waals surface area contributed by atoms with Gasteiger partial charge in [-0.3, -0.25) is 4.79 Å². The average molecular weight is 376 g/mol. The van der Waals surface area contributed by atoms with E-state index in [-0.39, 0.29) is 5.91 Å². The zero-order valence-electron chi connectivity index (χ0n) is 16.2. The van der Waals surface area contributed by atoms with Crippen LogP contribution in [-0.4, -0.2) is 49.0 Å². The van der Waals surface area contributed by atoms with Crippen LogP contribution in [0.5, 0.6) is 0 Å². The highest BCUT2D eigenvalue weighted by Gasteiger charge is 2.16. The maximum Gasteiger partial charge on any atom is 0.251 e. The van der Waals surface area contributed by atoms with E-state index in [9.17, 15) is 4.79 Å². The molecule has 1 N–H and O–H groups in total. The molecule has 0 aliphatic carbocycles. The van der Waals surface area contributed by atoms with Crippen molar-refractivity contribution in [2.45, 2.75) is 13.8 Å². The van der Waals surface area contributed by atoms with Crippen LogP contribution in [0.1, 0.15) is 22.8 Å². The number of rotatable bonds is 4. The molecule has 1 amide bonds. The van der Waals surface area contributed by atoms with Gasteiger partial charge in [0, 0.05) is 36.0 Å². The third-order valence-corrected chi connectivity index (χ3v) is 5.10. The number of nitrogens with one attached hydrogen (secondary N) is 1. The van der Waals surface area contributed by atoms with Gasteiger partial charge in [-0.2, -0.15) is 5.10 Å². The van der Waals surface area contributed by atoms with Gasteiger partial charge >= 0.3 is 0 Å². The molecule has 3 aromatic rings. The Hall–Kier alpha value is -2.99. The number of benzene rings is 2. The molecule has 0 unspecified atom stereocenters. The molecule has 1 aliphatic heterocycles. The first-order valence-corrected chi connectivity index (χ1v) is 9.64. The minimum atomic E-state index is -0.0509. The summed E-state index contributed by atoms with van der Waals surface area (Å²) in [7, 11) is 0. The van der Waals surface area contributed by atoms with Gasteiger partial charge in [0.05, 0.1) is 19.4 Å². The molecule has 1 aliphatic rings. The van der Waals surface area contributed by atoms with Crippen LogP contribution in [0.4, 0.5) is 5.82 Å². The number of aryl methyl sites for hydroxylation is 1. The van der Waals surface area contributed by atoms with E-state index in [1.54, 1.807) is 6.20 Å². The van der Waals surface area contributed by atoms with Crippen molar-refractivity contribution in [3.05, 3.63) is 53.7 Å². The molecule has 28 heavy (non-hydrogen) atoms. The second-order valence-electron chi connectivity index (χ2n) is 6.96. The fraction of sp³-hybridized carbons (Fsp3) is 0.318. The minimum Gasteiger partial charge on any atom is -0.378 e. The number of aromatic nitrogens is 2. The number of ether oxygens (including phenoxy) is 1. The van der Waals surface area contributed by atoms with Crippen LogP contribution in [0.3, 0.4) is 0 Å². The smallest absolute Gasteiger partial charge is 0.251 e. The highest BCUT2D eigenvalue weighted by molar-refractivity contribution is 5.97. The van der Waals surface area contributed by atoms with Crippen molar-refractivity contribution in [1.29, 1.82) is 0 Å². The van der Waals surface area contributed by atoms with Gasteiger partial charge < -0.3 is 15.0 Å². The van der Waals surface area contributed by atoms with E-state index < -0.39 is 0 Å². The molecular weight excluding hydrogens is 352 g/mol. The van der Waals surface area contributed by atoms with Crippen LogP contribution in [0.25, 0.3) is 21.9 Å². The number of carbonyl (C=O) groups is 1. The molecule has 0 spiro atoms. The van der Waals surface area contributed by atoms with Crippen LogP contribution in [0.15, 0.2) is 42.6 Å². The van der Waals surface area contributed by atoms with Crippen molar-refractivity contribution >= 4 is 22.5 Å². The molecule has 1 saturated heterocycles. The van der Waals surface area contributed by atoms with Crippen molar-refractivity contribution in [2.24, 2.45) is 0 Å². The van der Waals surface area contributed by atoms with Crippen molar-refractivity contribution in [3.8, 4) is 11.1 Å². The van der Waals surface area contributed by atoms with Crippen LogP contribution < -0.4 is 10.2 Å². The van der Waals surface area contributed by atoms with Crippen molar-refractivity contribution in [3.63, 3.8) is 0 Å². The lowest BCUT2D eigenvalue weighted by atomic mass is 9.96. The summed E-state index contributed by atoms with van der Waals surface area (Å²) < 4.78 is 5.45. The third kappa shape index (κ3) is 3.55. The molecule has 144 valence electrons. The number of hydrogen-bond donors (Lipinski definition) is 1. The largest absolute Gasteiger partial charge is 0.378 e. The van der Waals surface area contributed by atoms with Gasteiger partial charge in [-0.1, -0.05) is 12.1 Å². The van der Waals surface area contributed by atoms with E-state index in [0.29, 0.717) is 25.3 Å². The van der Waals surface area contributed by atoms with Crippen LogP contribution in [-0.2, 0) is 4.74 Å². The normalized spacial score (nSPS) is 14.3. The Morgan fingerprint density at radius 3 is 2.79 bits per heavy atom. The second-order valence-corrected chi connectivity index (χ2v) is 6.96. The summed E-state index contributed by atoms with van der Waals surface area (Å²) in [5, 5.41) is 13.6. The predicted molar refractivity (Wildman–Crippen MR) is 111 cm³/mol. The quantitative estimate of drug-likeness (QED) is 0.757. The Balaban J connectivity index is 1.74. The first-order chi connectivity index (χ1) is 13.7. The summed E-state index contributed by atoms with van der Waals surface area (Å²) in [6.07, 6.45) is 1.80. The van der Waals surface area contributed by atoms with Crippen molar-refractivity contribution in [2.75, 3.05) is 37.7 Å². The van der Waals surface area contributed by atoms with Gasteiger partial charge in [-0.25, -0.2) is 0 Å². The Bertz CT molecular complexity index is 1010. The van der Waals surface area contributed by atoms with E-state index in [0.717, 1.165) is 46.4 Å². The molecular formula is C22H24N4O2. The molecule has 0 radical (unpaired) electrons. The van der Waals surface area contributed by atoms with Gasteiger partial charge in [-0.05, 0) is 54.8 Å². The fourth-order valence-corrected chi connectivity index (χ4v) is 3.59. The van der Waals surface area contributed by atoms with Crippen molar-refractivity contribution in [1.82, 2.24) is 15.5 Å². The average Bonchev–Trinajstić information content (AvgIpc) is 2.74. The topological polar surface area (TPSA) is 67.4 Å². The first kappa shape index (κ1) is 18.4. The lowest BCUT2D eigenvalue weighted by Gasteiger charge is -2.28. The van der Waals surface area contributed by atoms with E-state index in [1.807, 2.05) is 25.1 Å². The van der Waals surface area contributed by atoms with Gasteiger partial charge in [0.15, 0.2) is 5.82 Å². The highest BCUT2D eigenvalue weighted by atomic mass is 16.5. The van der Waals surface area contributed by atoms with Crippen molar-refractivity contribution < 1.29 is 9.53 Å². The Kier molecular flexibility index (Phi) is 5.21. The minimum absolute atomic E-state index is 0.0509. The zero-order valence-corrected chi connectivity index (χ0v) is 16.2. The Labute approximate surface area is 164 Å². The number of carbonyl (C=O) groups excluding carboxylic acids is 1. The molecule has 0 saturated carbocycles. The molecule has 2 aromatic carbocycles. The predicted octanol–water partition coefficient (Wildman–Crippen LogP) is 3.19. The lowest BCUT2D eigenvalue weighted by molar-refractivity contribution is 0.0956. The van der Waals surface area contributed by atoms with Crippen LogP contribution in [0.2, 0.25) is 0 Å². The number of morpholine rings is 1. The number of fused-ring (bicyclic) bond motifs is 1. The van der Waals surface area contributed by atoms with Gasteiger partial charge in [0.25, 0.3) is 5.91 Å². The number of anilines is 1. The Morgan fingerprint density at radius 2 is 2.00 bits per heavy atom. The van der Waals surface area contributed by atoms with E-state index in [4.69, 9.17) is 4.74 Å². The monoisotopic (exact) mass is 376 g/mol. The standard InChI is InChI=1S/C22H24N4O2/c1-3-23-22(27)17-5-4-15(2)20(13-17)16-6-7-19-18(12-16)14-24-25-21(19)26-8-10-28-11-9-26/h4-7,12-14H,3,8-11H2,1-2H3,(H,23,27). The molecule has 6 heteroatoms. The molecule has 0 atom stereocenters. The first-order valence-electron chi connectivity index (χ1n) is 9.64. The van der Waals surface area contributed by atoms with Gasteiger partial charge in [-0.15, -0.1) is 5.10 Å². The Morgan fingerprint density at radius 1 is 1.18 bits per heavy atom. The molecule has 6 nitrogen and oxygen atoms in total. The molecule has 1 aromatic heterocycles. The second kappa shape index (κ2) is 7.94. The molecule has 4 rings (SSSR count). The number of amides is 1. The fourth-order valence-electron chi connectivity index (χ4n) is 3.59. The summed E-state index contributed by atoms with van der Waals surface area (Å²) >= 11 is 0. The van der Waals surface area contributed by atoms with Gasteiger partial charge in [0.2, 0.25) is 0 Å². The van der Waals surface area contributed by atoms with E-state index in [1.165, 1.54) is 0 Å². The van der Waals surface area contributed by atoms with E-state index in [2.05, 4.69) is 45.5 Å². The SMILES string of the molecule is CCNC(=O)c1ccc(C)c(-c2ccc3c(N4CCOCC4)nncc3c2)c1. The van der Waals surface area contributed by atoms with E-state index >= 15 is 0 Å². The van der Waals surface area contributed by atoms with Crippen LogP contribution in [0, 0.1) is 6.92 Å². The molecule has 1 fully saturated rings. The summed E-state index contributed by atoms with van der Waals surface area (Å²) in [5.41, 5.74) is 3.92. The highest BCUT2D eigenvalue weighted by Crippen LogP contribution is 2.31. The molecule has 2 heterocycles. The molecule has 0 bridgehead atoms. The summed E-state index contributed by atoms with van der Waals surface area (Å²) in [4.78, 5) is 14.4. The third-order valence-electron chi connectivity index (χ3n) is 5.10. The maximum atomic E-state index is 12.2. The summed E-state index contributed by atoms with van der Waals surface area (Å²) in [6.45, 7) is 7.66. The summed E-state index contributed by atoms with van der Waals surface area (Å²) in [5.74, 6) is 0.852. The maximum absolute atomic E-state index is 12.2. The number of nitrogens with zero attached hydrogens (tertiary/aromatic N) is 3. The summed E-state index contributed by atoms with van der Waals surface area (Å²) in [6, 6.07) is 12.1. The van der Waals surface area contributed by atoms with Crippen LogP contribution >= 0.6 is 0 Å².